The van der Waals surface area contributed by atoms with Crippen LogP contribution in [0.4, 0.5) is 0 Å². The van der Waals surface area contributed by atoms with Gasteiger partial charge in [-0.1, -0.05) is 24.3 Å². The fourth-order valence-corrected chi connectivity index (χ4v) is 6.92. The molecule has 0 saturated heterocycles. The fourth-order valence-electron chi connectivity index (χ4n) is 4.43. The molecule has 4 heterocycles. The van der Waals surface area contributed by atoms with Crippen LogP contribution in [0.25, 0.3) is 34.2 Å². The fraction of sp³-hybridized carbons (Fsp3) is 0.286. The van der Waals surface area contributed by atoms with E-state index in [0.29, 0.717) is 24.7 Å². The first-order valence-corrected chi connectivity index (χ1v) is 15.7. The molecule has 0 unspecified atom stereocenters. The van der Waals surface area contributed by atoms with Crippen molar-refractivity contribution in [1.29, 1.82) is 0 Å². The van der Waals surface area contributed by atoms with Crippen LogP contribution in [-0.4, -0.2) is 60.0 Å². The Hall–Kier alpha value is -4.30. The molecule has 0 aliphatic rings. The minimum atomic E-state index is 0.521. The lowest BCUT2D eigenvalue weighted by atomic mass is 10.1. The summed E-state index contributed by atoms with van der Waals surface area (Å²) in [6, 6.07) is 12.7. The Kier molecular flexibility index (Phi) is 7.64. The third-order valence-electron chi connectivity index (χ3n) is 6.79. The van der Waals surface area contributed by atoms with E-state index < -0.39 is 0 Å². The van der Waals surface area contributed by atoms with Gasteiger partial charge in [0.05, 0.1) is 48.0 Å². The van der Waals surface area contributed by atoms with Crippen LogP contribution in [0.15, 0.2) is 58.8 Å². The monoisotopic (exact) mass is 598 g/mol. The summed E-state index contributed by atoms with van der Waals surface area (Å²) in [7, 11) is 3.11. The molecule has 14 heteroatoms. The standard InChI is InChI=1S/C28H30N12S2/c1-7-37-33-25(31-35-37)21-15-29-39(23-13-17(3)9-11-19(23)5)27(21)41-42-28-22(26-32-36-38(8-2)34-26)16-30-40(28)24-14-18(4)10-12-20(24)6/h9-16H,7-8H2,1-6H3. The van der Waals surface area contributed by atoms with Gasteiger partial charge in [0.15, 0.2) is 0 Å². The van der Waals surface area contributed by atoms with Crippen LogP contribution >= 0.6 is 21.6 Å². The van der Waals surface area contributed by atoms with Crippen LogP contribution in [0.5, 0.6) is 0 Å². The van der Waals surface area contributed by atoms with E-state index in [4.69, 9.17) is 10.2 Å². The average Bonchev–Trinajstić information content (AvgIpc) is 3.79. The highest BCUT2D eigenvalue weighted by Gasteiger charge is 2.24. The molecule has 0 spiro atoms. The van der Waals surface area contributed by atoms with E-state index >= 15 is 0 Å². The number of rotatable bonds is 9. The lowest BCUT2D eigenvalue weighted by Crippen LogP contribution is -2.03. The summed E-state index contributed by atoms with van der Waals surface area (Å²) in [6.07, 6.45) is 3.61. The summed E-state index contributed by atoms with van der Waals surface area (Å²) in [4.78, 5) is 3.14. The molecule has 0 N–H and O–H groups in total. The lowest BCUT2D eigenvalue weighted by Gasteiger charge is -2.14. The molecule has 0 radical (unpaired) electrons. The van der Waals surface area contributed by atoms with E-state index in [1.165, 1.54) is 0 Å². The van der Waals surface area contributed by atoms with Gasteiger partial charge in [-0.15, -0.1) is 20.4 Å². The van der Waals surface area contributed by atoms with Gasteiger partial charge in [-0.3, -0.25) is 0 Å². The topological polar surface area (TPSA) is 123 Å². The van der Waals surface area contributed by atoms with Crippen LogP contribution in [0.3, 0.4) is 0 Å². The minimum absolute atomic E-state index is 0.521. The van der Waals surface area contributed by atoms with E-state index in [1.54, 1.807) is 43.6 Å². The SMILES string of the molecule is CCn1nnc(-c2cnn(-c3cc(C)ccc3C)c2SSc2c(-c3nnn(CC)n3)cnn2-c2cc(C)ccc2C)n1. The van der Waals surface area contributed by atoms with Crippen LogP contribution in [0.1, 0.15) is 36.1 Å². The molecule has 0 aliphatic carbocycles. The number of hydrogen-bond donors (Lipinski definition) is 0. The Labute approximate surface area is 250 Å². The summed E-state index contributed by atoms with van der Waals surface area (Å²) in [5.74, 6) is 1.04. The Morgan fingerprint density at radius 1 is 0.619 bits per heavy atom. The maximum atomic E-state index is 4.81. The maximum Gasteiger partial charge on any atom is 0.209 e. The highest BCUT2D eigenvalue weighted by atomic mass is 33.1. The summed E-state index contributed by atoms with van der Waals surface area (Å²) in [5.41, 5.74) is 8.07. The minimum Gasteiger partial charge on any atom is -0.225 e. The van der Waals surface area contributed by atoms with Crippen molar-refractivity contribution in [1.82, 2.24) is 60.0 Å². The predicted octanol–water partition coefficient (Wildman–Crippen LogP) is 5.44. The van der Waals surface area contributed by atoms with Crippen molar-refractivity contribution in [3.63, 3.8) is 0 Å². The van der Waals surface area contributed by atoms with Crippen molar-refractivity contribution in [3.05, 3.63) is 71.0 Å². The first kappa shape index (κ1) is 27.8. The zero-order chi connectivity index (χ0) is 29.4. The summed E-state index contributed by atoms with van der Waals surface area (Å²) in [6.45, 7) is 13.5. The van der Waals surface area contributed by atoms with E-state index in [1.807, 2.05) is 23.2 Å². The lowest BCUT2D eigenvalue weighted by molar-refractivity contribution is 0.552. The molecule has 2 aromatic carbocycles. The second-order valence-corrected chi connectivity index (χ2v) is 12.0. The molecule has 6 rings (SSSR count). The molecular formula is C28H30N12S2. The van der Waals surface area contributed by atoms with Crippen LogP contribution < -0.4 is 0 Å². The van der Waals surface area contributed by atoms with Crippen LogP contribution in [0, 0.1) is 27.7 Å². The van der Waals surface area contributed by atoms with Crippen molar-refractivity contribution in [2.45, 2.75) is 64.7 Å². The number of aromatic nitrogens is 12. The zero-order valence-corrected chi connectivity index (χ0v) is 25.8. The average molecular weight is 599 g/mol. The van der Waals surface area contributed by atoms with Gasteiger partial charge in [0, 0.05) is 0 Å². The normalized spacial score (nSPS) is 11.5. The van der Waals surface area contributed by atoms with Crippen molar-refractivity contribution < 1.29 is 0 Å². The van der Waals surface area contributed by atoms with Gasteiger partial charge in [0.2, 0.25) is 11.6 Å². The third kappa shape index (κ3) is 5.23. The molecule has 0 atom stereocenters. The van der Waals surface area contributed by atoms with Crippen molar-refractivity contribution >= 4 is 21.6 Å². The predicted molar refractivity (Wildman–Crippen MR) is 163 cm³/mol. The highest BCUT2D eigenvalue weighted by molar-refractivity contribution is 8.76. The molecule has 42 heavy (non-hydrogen) atoms. The number of hydrogen-bond acceptors (Lipinski definition) is 10. The van der Waals surface area contributed by atoms with E-state index in [2.05, 4.69) is 94.9 Å². The second-order valence-electron chi connectivity index (χ2n) is 9.90. The van der Waals surface area contributed by atoms with Gasteiger partial charge < -0.3 is 0 Å². The zero-order valence-electron chi connectivity index (χ0n) is 24.2. The number of aryl methyl sites for hydroxylation is 6. The van der Waals surface area contributed by atoms with E-state index in [0.717, 1.165) is 54.8 Å². The second kappa shape index (κ2) is 11.5. The first-order chi connectivity index (χ1) is 20.4. The smallest absolute Gasteiger partial charge is 0.209 e. The van der Waals surface area contributed by atoms with Gasteiger partial charge in [-0.25, -0.2) is 9.36 Å². The molecule has 214 valence electrons. The molecule has 4 aromatic heterocycles. The molecule has 0 bridgehead atoms. The van der Waals surface area contributed by atoms with Crippen molar-refractivity contribution in [2.24, 2.45) is 0 Å². The number of nitrogens with zero attached hydrogens (tertiary/aromatic N) is 12. The number of benzene rings is 2. The first-order valence-electron chi connectivity index (χ1n) is 13.6. The molecule has 0 aliphatic heterocycles. The Bertz CT molecular complexity index is 1740. The highest BCUT2D eigenvalue weighted by Crippen LogP contribution is 2.46. The summed E-state index contributed by atoms with van der Waals surface area (Å²) in [5, 5.41) is 37.6. The molecule has 0 fully saturated rings. The van der Waals surface area contributed by atoms with Crippen LogP contribution in [-0.2, 0) is 13.1 Å². The summed E-state index contributed by atoms with van der Waals surface area (Å²) >= 11 is 0. The molecule has 12 nitrogen and oxygen atoms in total. The van der Waals surface area contributed by atoms with E-state index in [9.17, 15) is 0 Å². The van der Waals surface area contributed by atoms with Gasteiger partial charge >= 0.3 is 0 Å². The summed E-state index contributed by atoms with van der Waals surface area (Å²) < 4.78 is 3.90. The largest absolute Gasteiger partial charge is 0.225 e. The van der Waals surface area contributed by atoms with E-state index in [-0.39, 0.29) is 0 Å². The molecular weight excluding hydrogens is 569 g/mol. The molecule has 6 aromatic rings. The quantitative estimate of drug-likeness (QED) is 0.199. The molecule has 0 saturated carbocycles. The molecule has 0 amide bonds. The van der Waals surface area contributed by atoms with Crippen LogP contribution in [0.2, 0.25) is 0 Å². The third-order valence-corrected chi connectivity index (χ3v) is 9.17. The van der Waals surface area contributed by atoms with Gasteiger partial charge in [-0.05, 0) is 108 Å². The Morgan fingerprint density at radius 3 is 1.43 bits per heavy atom. The van der Waals surface area contributed by atoms with Gasteiger partial charge in [-0.2, -0.15) is 19.8 Å². The van der Waals surface area contributed by atoms with Gasteiger partial charge in [0.25, 0.3) is 0 Å². The van der Waals surface area contributed by atoms with Gasteiger partial charge in [0.1, 0.15) is 10.1 Å². The Balaban J connectivity index is 1.48. The number of tetrazole rings is 2. The Morgan fingerprint density at radius 2 is 1.05 bits per heavy atom. The maximum absolute atomic E-state index is 4.81. The van der Waals surface area contributed by atoms with Crippen molar-refractivity contribution in [2.75, 3.05) is 0 Å². The van der Waals surface area contributed by atoms with Crippen molar-refractivity contribution in [3.8, 4) is 34.2 Å².